The highest BCUT2D eigenvalue weighted by molar-refractivity contribution is 7.88. The molecule has 0 bridgehead atoms. The third-order valence-electron chi connectivity index (χ3n) is 2.92. The quantitative estimate of drug-likeness (QED) is 0.602. The van der Waals surface area contributed by atoms with Crippen molar-refractivity contribution in [3.8, 4) is 0 Å². The van der Waals surface area contributed by atoms with Crippen molar-refractivity contribution in [3.05, 3.63) is 0 Å². The molecule has 0 aromatic heterocycles. The number of nitrogens with zero attached hydrogens (tertiary/aromatic N) is 2. The maximum Gasteiger partial charge on any atom is 0.424 e. The predicted octanol–water partition coefficient (Wildman–Crippen LogP) is 0.593. The van der Waals surface area contributed by atoms with Gasteiger partial charge < -0.3 is 15.2 Å². The Morgan fingerprint density at radius 2 is 1.79 bits per heavy atom. The van der Waals surface area contributed by atoms with Gasteiger partial charge in [0.1, 0.15) is 0 Å². The van der Waals surface area contributed by atoms with Crippen molar-refractivity contribution in [2.24, 2.45) is 10.1 Å². The van der Waals surface area contributed by atoms with Crippen molar-refractivity contribution < 1.29 is 22.7 Å². The van der Waals surface area contributed by atoms with E-state index in [1.165, 1.54) is 7.11 Å². The third kappa shape index (κ3) is 3.98. The molecule has 0 aromatic carbocycles. The van der Waals surface area contributed by atoms with Gasteiger partial charge in [-0.1, -0.05) is 23.7 Å². The number of hydrogen-bond acceptors (Lipinski definition) is 5. The molecule has 0 unspecified atom stereocenters. The largest absolute Gasteiger partial charge is 0.468 e. The van der Waals surface area contributed by atoms with Crippen LogP contribution >= 0.6 is 0 Å². The third-order valence-corrected chi connectivity index (χ3v) is 4.28. The molecule has 19 heavy (non-hydrogen) atoms. The molecule has 0 aliphatic heterocycles. The number of carbonyl (C=O) groups excluding carboxylic acids is 1. The molecule has 9 heteroatoms. The molecule has 1 aliphatic rings. The summed E-state index contributed by atoms with van der Waals surface area (Å²) in [4.78, 5) is 11.7. The summed E-state index contributed by atoms with van der Waals surface area (Å²) in [5.74, 6) is 0. The van der Waals surface area contributed by atoms with Crippen molar-refractivity contribution in [2.75, 3.05) is 14.2 Å². The highest BCUT2D eigenvalue weighted by Gasteiger charge is 2.36. The fraction of sp³-hybridized carbons (Fsp3) is 0.800. The number of nitrogens with two attached hydrogens (primary N) is 1. The molecule has 1 fully saturated rings. The van der Waals surface area contributed by atoms with E-state index in [1.54, 1.807) is 0 Å². The SMILES string of the molecule is COC(=O)N(C1CCCCC1)S(=O)(=O)N=C(N)OC. The summed E-state index contributed by atoms with van der Waals surface area (Å²) >= 11 is 0. The van der Waals surface area contributed by atoms with Gasteiger partial charge in [-0.05, 0) is 12.8 Å². The van der Waals surface area contributed by atoms with Crippen LogP contribution in [0.2, 0.25) is 0 Å². The van der Waals surface area contributed by atoms with Crippen molar-refractivity contribution in [3.63, 3.8) is 0 Å². The molecule has 0 aromatic rings. The summed E-state index contributed by atoms with van der Waals surface area (Å²) in [6.45, 7) is 0. The highest BCUT2D eigenvalue weighted by atomic mass is 32.2. The first-order valence-electron chi connectivity index (χ1n) is 5.94. The van der Waals surface area contributed by atoms with Crippen LogP contribution in [0.4, 0.5) is 4.79 Å². The van der Waals surface area contributed by atoms with Gasteiger partial charge in [0.2, 0.25) is 0 Å². The second-order valence-electron chi connectivity index (χ2n) is 4.17. The van der Waals surface area contributed by atoms with E-state index >= 15 is 0 Å². The van der Waals surface area contributed by atoms with Crippen LogP contribution in [0.25, 0.3) is 0 Å². The average molecular weight is 293 g/mol. The Morgan fingerprint density at radius 1 is 1.21 bits per heavy atom. The maximum absolute atomic E-state index is 12.1. The molecule has 0 radical (unpaired) electrons. The van der Waals surface area contributed by atoms with Gasteiger partial charge in [0.25, 0.3) is 6.02 Å². The van der Waals surface area contributed by atoms with Crippen LogP contribution in [0.15, 0.2) is 4.40 Å². The van der Waals surface area contributed by atoms with Crippen LogP contribution < -0.4 is 5.73 Å². The van der Waals surface area contributed by atoms with Crippen molar-refractivity contribution in [1.82, 2.24) is 4.31 Å². The summed E-state index contributed by atoms with van der Waals surface area (Å²) in [5.41, 5.74) is 5.24. The van der Waals surface area contributed by atoms with Gasteiger partial charge in [0.05, 0.1) is 20.3 Å². The van der Waals surface area contributed by atoms with Crippen molar-refractivity contribution in [2.45, 2.75) is 38.1 Å². The van der Waals surface area contributed by atoms with Gasteiger partial charge in [-0.3, -0.25) is 0 Å². The first kappa shape index (κ1) is 15.5. The first-order valence-corrected chi connectivity index (χ1v) is 7.33. The molecule has 8 nitrogen and oxygen atoms in total. The minimum Gasteiger partial charge on any atom is -0.468 e. The molecule has 0 spiro atoms. The zero-order valence-corrected chi connectivity index (χ0v) is 11.9. The lowest BCUT2D eigenvalue weighted by Crippen LogP contribution is -2.45. The predicted molar refractivity (Wildman–Crippen MR) is 68.7 cm³/mol. The molecular formula is C10H19N3O5S. The van der Waals surface area contributed by atoms with Gasteiger partial charge in [0, 0.05) is 0 Å². The Hall–Kier alpha value is -1.51. The molecule has 1 amide bonds. The Balaban J connectivity index is 3.05. The molecule has 2 N–H and O–H groups in total. The van der Waals surface area contributed by atoms with E-state index in [9.17, 15) is 13.2 Å². The Morgan fingerprint density at radius 3 is 2.26 bits per heavy atom. The summed E-state index contributed by atoms with van der Waals surface area (Å²) in [7, 11) is -1.93. The molecule has 1 aliphatic carbocycles. The number of carbonyl (C=O) groups is 1. The lowest BCUT2D eigenvalue weighted by Gasteiger charge is -2.30. The topological polar surface area (TPSA) is 111 Å². The molecule has 110 valence electrons. The van der Waals surface area contributed by atoms with E-state index in [1.807, 2.05) is 0 Å². The summed E-state index contributed by atoms with van der Waals surface area (Å²) in [6, 6.07) is -0.968. The lowest BCUT2D eigenvalue weighted by atomic mass is 9.96. The van der Waals surface area contributed by atoms with Gasteiger partial charge in [-0.25, -0.2) is 4.79 Å². The molecule has 0 heterocycles. The molecule has 0 saturated heterocycles. The second-order valence-corrected chi connectivity index (χ2v) is 5.64. The lowest BCUT2D eigenvalue weighted by molar-refractivity contribution is 0.131. The minimum atomic E-state index is -4.25. The van der Waals surface area contributed by atoms with E-state index < -0.39 is 28.4 Å². The zero-order valence-electron chi connectivity index (χ0n) is 11.0. The standard InChI is InChI=1S/C10H19N3O5S/c1-17-9(11)12-19(15,16)13(10(14)18-2)8-6-4-3-5-7-8/h8H,3-7H2,1-2H3,(H2,11,12). The summed E-state index contributed by atoms with van der Waals surface area (Å²) in [5, 5.41) is 0. The number of ether oxygens (including phenoxy) is 2. The van der Waals surface area contributed by atoms with Crippen LogP contribution in [-0.4, -0.2) is 45.1 Å². The number of amides is 1. The normalized spacial score (nSPS) is 17.9. The summed E-state index contributed by atoms with van der Waals surface area (Å²) in [6.07, 6.45) is 2.97. The van der Waals surface area contributed by atoms with E-state index in [0.717, 1.165) is 26.4 Å². The smallest absolute Gasteiger partial charge is 0.424 e. The second kappa shape index (κ2) is 6.60. The molecule has 0 atom stereocenters. The van der Waals surface area contributed by atoms with Gasteiger partial charge in [0.15, 0.2) is 0 Å². The minimum absolute atomic E-state index is 0.445. The van der Waals surface area contributed by atoms with Crippen LogP contribution in [0.1, 0.15) is 32.1 Å². The molecular weight excluding hydrogens is 274 g/mol. The van der Waals surface area contributed by atoms with E-state index in [2.05, 4.69) is 13.9 Å². The number of rotatable bonds is 3. The van der Waals surface area contributed by atoms with Gasteiger partial charge >= 0.3 is 16.3 Å². The fourth-order valence-corrected chi connectivity index (χ4v) is 3.27. The number of methoxy groups -OCH3 is 2. The highest BCUT2D eigenvalue weighted by Crippen LogP contribution is 2.25. The maximum atomic E-state index is 12.1. The number of hydrogen-bond donors (Lipinski definition) is 1. The van der Waals surface area contributed by atoms with Crippen molar-refractivity contribution in [1.29, 1.82) is 0 Å². The average Bonchev–Trinajstić information content (AvgIpc) is 2.38. The fourth-order valence-electron chi connectivity index (χ4n) is 2.03. The molecule has 1 saturated carbocycles. The van der Waals surface area contributed by atoms with Crippen LogP contribution in [-0.2, 0) is 19.7 Å². The van der Waals surface area contributed by atoms with Crippen molar-refractivity contribution >= 4 is 22.3 Å². The van der Waals surface area contributed by atoms with Crippen LogP contribution in [0, 0.1) is 0 Å². The summed E-state index contributed by atoms with van der Waals surface area (Å²) < 4.78 is 37.1. The van der Waals surface area contributed by atoms with E-state index in [0.29, 0.717) is 17.1 Å². The number of amidine groups is 1. The van der Waals surface area contributed by atoms with Gasteiger partial charge in [-0.2, -0.15) is 12.7 Å². The monoisotopic (exact) mass is 293 g/mol. The van der Waals surface area contributed by atoms with Crippen LogP contribution in [0.5, 0.6) is 0 Å². The Kier molecular flexibility index (Phi) is 5.40. The van der Waals surface area contributed by atoms with Gasteiger partial charge in [-0.15, -0.1) is 0 Å². The Bertz CT molecular complexity index is 442. The Labute approximate surface area is 112 Å². The first-order chi connectivity index (χ1) is 8.92. The molecule has 1 rings (SSSR count). The van der Waals surface area contributed by atoms with E-state index in [4.69, 9.17) is 5.73 Å². The van der Waals surface area contributed by atoms with E-state index in [-0.39, 0.29) is 0 Å². The van der Waals surface area contributed by atoms with Crippen LogP contribution in [0.3, 0.4) is 0 Å². The zero-order chi connectivity index (χ0) is 14.5.